The predicted molar refractivity (Wildman–Crippen MR) is 119 cm³/mol. The van der Waals surface area contributed by atoms with Crippen molar-refractivity contribution in [3.63, 3.8) is 0 Å². The molecule has 0 unspecified atom stereocenters. The number of benzene rings is 2. The molecule has 154 valence electrons. The molecule has 6 heteroatoms. The molecule has 0 atom stereocenters. The number of aromatic carboxylic acids is 1. The lowest BCUT2D eigenvalue weighted by Crippen LogP contribution is -2.36. The average Bonchev–Trinajstić information content (AvgIpc) is 3.17. The summed E-state index contributed by atoms with van der Waals surface area (Å²) in [6.07, 6.45) is 5.93. The molecule has 0 radical (unpaired) electrons. The van der Waals surface area contributed by atoms with E-state index in [1.807, 2.05) is 24.4 Å². The van der Waals surface area contributed by atoms with Crippen LogP contribution in [-0.2, 0) is 4.74 Å². The van der Waals surface area contributed by atoms with Crippen molar-refractivity contribution in [2.24, 2.45) is 5.10 Å². The maximum atomic E-state index is 11.4. The highest BCUT2D eigenvalue weighted by Gasteiger charge is 2.25. The number of allylic oxidation sites excluding steroid dienone is 2. The molecule has 4 rings (SSSR count). The highest BCUT2D eigenvalue weighted by molar-refractivity contribution is 5.94. The molecule has 0 amide bonds. The lowest BCUT2D eigenvalue weighted by atomic mass is 10.1. The molecule has 1 saturated heterocycles. The fourth-order valence-corrected chi connectivity index (χ4v) is 3.87. The Kier molecular flexibility index (Phi) is 6.25. The molecule has 0 bridgehead atoms. The zero-order chi connectivity index (χ0) is 20.8. The van der Waals surface area contributed by atoms with Crippen molar-refractivity contribution in [2.75, 3.05) is 31.7 Å². The van der Waals surface area contributed by atoms with E-state index in [1.165, 1.54) is 16.8 Å². The molecule has 0 aromatic heterocycles. The topological polar surface area (TPSA) is 74.2 Å². The van der Waals surface area contributed by atoms with E-state index in [0.29, 0.717) is 5.69 Å². The Morgan fingerprint density at radius 3 is 2.53 bits per heavy atom. The van der Waals surface area contributed by atoms with E-state index in [4.69, 9.17) is 4.74 Å². The third-order valence-corrected chi connectivity index (χ3v) is 5.30. The second-order valence-corrected chi connectivity index (χ2v) is 7.27. The molecule has 6 nitrogen and oxygen atoms in total. The highest BCUT2D eigenvalue weighted by atomic mass is 16.5. The van der Waals surface area contributed by atoms with Crippen LogP contribution in [0.2, 0.25) is 0 Å². The Labute approximate surface area is 176 Å². The summed E-state index contributed by atoms with van der Waals surface area (Å²) in [6.45, 7) is 3.15. The summed E-state index contributed by atoms with van der Waals surface area (Å²) in [5, 5.41) is 13.7. The van der Waals surface area contributed by atoms with Crippen LogP contribution < -0.4 is 5.43 Å². The second kappa shape index (κ2) is 9.41. The molecule has 0 spiro atoms. The Balaban J connectivity index is 1.61. The van der Waals surface area contributed by atoms with E-state index in [-0.39, 0.29) is 5.56 Å². The standard InChI is InChI=1S/C24H25N3O3/c28-24(29)21-8-4-5-9-22(21)26-25-17-20-11-10-19(16-18-6-2-1-3-7-18)23(20)27-12-14-30-15-13-27/h1-9,16-17,26H,10-15H2,(H,28,29)/b19-16-,25-17+. The number of carboxylic acids is 1. The SMILES string of the molecule is O=C(O)c1ccccc1N/N=C/C1=C(N2CCOCC2)C(=C\c2ccccc2)/CC1. The molecule has 1 aliphatic carbocycles. The minimum absolute atomic E-state index is 0.202. The fraction of sp³-hybridized carbons (Fsp3) is 0.250. The van der Waals surface area contributed by atoms with Gasteiger partial charge in [-0.3, -0.25) is 5.43 Å². The molecule has 2 N–H and O–H groups in total. The smallest absolute Gasteiger partial charge is 0.337 e. The summed E-state index contributed by atoms with van der Waals surface area (Å²) in [5.41, 5.74) is 8.44. The van der Waals surface area contributed by atoms with Crippen molar-refractivity contribution >= 4 is 23.9 Å². The van der Waals surface area contributed by atoms with Crippen LogP contribution in [0.5, 0.6) is 0 Å². The summed E-state index contributed by atoms with van der Waals surface area (Å²) in [7, 11) is 0. The van der Waals surface area contributed by atoms with Gasteiger partial charge in [0.1, 0.15) is 0 Å². The largest absolute Gasteiger partial charge is 0.478 e. The van der Waals surface area contributed by atoms with Gasteiger partial charge >= 0.3 is 5.97 Å². The van der Waals surface area contributed by atoms with E-state index in [2.05, 4.69) is 33.6 Å². The summed E-state index contributed by atoms with van der Waals surface area (Å²) < 4.78 is 5.54. The van der Waals surface area contributed by atoms with Crippen molar-refractivity contribution in [1.29, 1.82) is 0 Å². The van der Waals surface area contributed by atoms with Crippen LogP contribution in [0, 0.1) is 0 Å². The van der Waals surface area contributed by atoms with Crippen LogP contribution in [0.25, 0.3) is 6.08 Å². The molecule has 2 aliphatic rings. The summed E-state index contributed by atoms with van der Waals surface area (Å²) in [4.78, 5) is 13.8. The van der Waals surface area contributed by atoms with Gasteiger partial charge in [0.15, 0.2) is 0 Å². The Morgan fingerprint density at radius 1 is 1.03 bits per heavy atom. The molecule has 1 fully saturated rings. The van der Waals surface area contributed by atoms with E-state index < -0.39 is 5.97 Å². The van der Waals surface area contributed by atoms with Gasteiger partial charge < -0.3 is 14.7 Å². The van der Waals surface area contributed by atoms with E-state index in [9.17, 15) is 9.90 Å². The molecule has 2 aromatic rings. The number of ether oxygens (including phenoxy) is 1. The van der Waals surface area contributed by atoms with Crippen LogP contribution in [-0.4, -0.2) is 48.5 Å². The van der Waals surface area contributed by atoms with E-state index in [0.717, 1.165) is 44.7 Å². The minimum Gasteiger partial charge on any atom is -0.478 e. The van der Waals surface area contributed by atoms with Crippen LogP contribution >= 0.6 is 0 Å². The quantitative estimate of drug-likeness (QED) is 0.557. The fourth-order valence-electron chi connectivity index (χ4n) is 3.87. The van der Waals surface area contributed by atoms with Crippen molar-refractivity contribution in [3.8, 4) is 0 Å². The number of hydrogen-bond donors (Lipinski definition) is 2. The van der Waals surface area contributed by atoms with Crippen LogP contribution in [0.1, 0.15) is 28.8 Å². The maximum Gasteiger partial charge on any atom is 0.337 e. The molecule has 0 saturated carbocycles. The van der Waals surface area contributed by atoms with Crippen molar-refractivity contribution in [2.45, 2.75) is 12.8 Å². The Morgan fingerprint density at radius 2 is 1.77 bits per heavy atom. The minimum atomic E-state index is -0.976. The number of hydrazone groups is 1. The molecule has 2 aromatic carbocycles. The first-order valence-electron chi connectivity index (χ1n) is 10.2. The monoisotopic (exact) mass is 403 g/mol. The van der Waals surface area contributed by atoms with Crippen LogP contribution in [0.3, 0.4) is 0 Å². The molecular formula is C24H25N3O3. The van der Waals surface area contributed by atoms with E-state index in [1.54, 1.807) is 24.3 Å². The summed E-state index contributed by atoms with van der Waals surface area (Å²) >= 11 is 0. The zero-order valence-corrected chi connectivity index (χ0v) is 16.8. The summed E-state index contributed by atoms with van der Waals surface area (Å²) in [6, 6.07) is 17.1. The van der Waals surface area contributed by atoms with Crippen molar-refractivity contribution in [1.82, 2.24) is 4.90 Å². The third-order valence-electron chi connectivity index (χ3n) is 5.30. The normalized spacial score (nSPS) is 18.4. The number of nitrogens with one attached hydrogen (secondary N) is 1. The number of nitrogens with zero attached hydrogens (tertiary/aromatic N) is 2. The number of anilines is 1. The van der Waals surface area contributed by atoms with Crippen molar-refractivity contribution < 1.29 is 14.6 Å². The lowest BCUT2D eigenvalue weighted by molar-refractivity contribution is 0.0548. The van der Waals surface area contributed by atoms with Gasteiger partial charge in [-0.2, -0.15) is 5.10 Å². The number of morpholine rings is 1. The van der Waals surface area contributed by atoms with Gasteiger partial charge in [-0.1, -0.05) is 42.5 Å². The number of carbonyl (C=O) groups is 1. The second-order valence-electron chi connectivity index (χ2n) is 7.27. The van der Waals surface area contributed by atoms with Gasteiger partial charge in [-0.25, -0.2) is 4.79 Å². The van der Waals surface area contributed by atoms with Gasteiger partial charge in [-0.05, 0) is 47.8 Å². The van der Waals surface area contributed by atoms with Crippen molar-refractivity contribution in [3.05, 3.63) is 82.6 Å². The van der Waals surface area contributed by atoms with Gasteiger partial charge in [-0.15, -0.1) is 0 Å². The van der Waals surface area contributed by atoms with Crippen LogP contribution in [0.15, 0.2) is 76.5 Å². The first kappa shape index (κ1) is 19.9. The predicted octanol–water partition coefficient (Wildman–Crippen LogP) is 4.25. The number of para-hydroxylation sites is 1. The lowest BCUT2D eigenvalue weighted by Gasteiger charge is -2.31. The van der Waals surface area contributed by atoms with Gasteiger partial charge in [0.25, 0.3) is 0 Å². The molecule has 1 aliphatic heterocycles. The third kappa shape index (κ3) is 4.60. The highest BCUT2D eigenvalue weighted by Crippen LogP contribution is 2.35. The first-order valence-corrected chi connectivity index (χ1v) is 10.2. The molecule has 30 heavy (non-hydrogen) atoms. The zero-order valence-electron chi connectivity index (χ0n) is 16.8. The average molecular weight is 403 g/mol. The van der Waals surface area contributed by atoms with Crippen LogP contribution in [0.4, 0.5) is 5.69 Å². The maximum absolute atomic E-state index is 11.4. The number of hydrogen-bond acceptors (Lipinski definition) is 5. The molecule has 1 heterocycles. The number of rotatable bonds is 6. The van der Waals surface area contributed by atoms with Gasteiger partial charge in [0.2, 0.25) is 0 Å². The van der Waals surface area contributed by atoms with Gasteiger partial charge in [0, 0.05) is 18.8 Å². The Bertz CT molecular complexity index is 990. The van der Waals surface area contributed by atoms with Gasteiger partial charge in [0.05, 0.1) is 30.7 Å². The molecular weight excluding hydrogens is 378 g/mol. The summed E-state index contributed by atoms with van der Waals surface area (Å²) in [5.74, 6) is -0.976. The number of carboxylic acid groups (broad SMARTS) is 1. The van der Waals surface area contributed by atoms with E-state index >= 15 is 0 Å². The Hall–Kier alpha value is -3.38. The first-order chi connectivity index (χ1) is 14.7.